The minimum absolute atomic E-state index is 0.179. The monoisotopic (exact) mass is 253 g/mol. The van der Waals surface area contributed by atoms with Crippen LogP contribution in [0, 0.1) is 0 Å². The van der Waals surface area contributed by atoms with Crippen molar-refractivity contribution in [1.82, 2.24) is 4.90 Å². The highest BCUT2D eigenvalue weighted by Gasteiger charge is 2.31. The summed E-state index contributed by atoms with van der Waals surface area (Å²) >= 11 is 6.01. The van der Waals surface area contributed by atoms with Crippen molar-refractivity contribution >= 4 is 11.6 Å². The molecule has 1 saturated carbocycles. The van der Waals surface area contributed by atoms with Crippen molar-refractivity contribution in [3.63, 3.8) is 0 Å². The number of hydrogen-bond acceptors (Lipinski definition) is 2. The van der Waals surface area contributed by atoms with Gasteiger partial charge in [-0.25, -0.2) is 0 Å². The molecule has 3 atom stereocenters. The van der Waals surface area contributed by atoms with E-state index in [4.69, 9.17) is 11.6 Å². The van der Waals surface area contributed by atoms with E-state index in [1.807, 2.05) is 18.2 Å². The van der Waals surface area contributed by atoms with E-state index < -0.39 is 0 Å². The van der Waals surface area contributed by atoms with Crippen LogP contribution < -0.4 is 0 Å². The number of hydrogen-bond donors (Lipinski definition) is 1. The van der Waals surface area contributed by atoms with Gasteiger partial charge in [0.25, 0.3) is 0 Å². The Hall–Kier alpha value is -0.570. The van der Waals surface area contributed by atoms with Gasteiger partial charge in [-0.15, -0.1) is 0 Å². The number of aliphatic hydroxyl groups is 1. The molecule has 0 aliphatic heterocycles. The lowest BCUT2D eigenvalue weighted by Crippen LogP contribution is -2.39. The van der Waals surface area contributed by atoms with Crippen molar-refractivity contribution in [3.8, 4) is 0 Å². The van der Waals surface area contributed by atoms with Gasteiger partial charge in [0.2, 0.25) is 0 Å². The third kappa shape index (κ3) is 2.82. The van der Waals surface area contributed by atoms with E-state index in [2.05, 4.69) is 24.9 Å². The summed E-state index contributed by atoms with van der Waals surface area (Å²) in [5.74, 6) is 0. The SMILES string of the molecule is CC(c1cccc(Cl)c1)N(C)[C@@H]1CCC[C@H]1O. The van der Waals surface area contributed by atoms with Crippen LogP contribution in [0.4, 0.5) is 0 Å². The normalized spacial score (nSPS) is 26.4. The van der Waals surface area contributed by atoms with Crippen molar-refractivity contribution in [3.05, 3.63) is 34.9 Å². The fourth-order valence-corrected chi connectivity index (χ4v) is 2.88. The van der Waals surface area contributed by atoms with Gasteiger partial charge in [-0.2, -0.15) is 0 Å². The Balaban J connectivity index is 2.11. The quantitative estimate of drug-likeness (QED) is 0.894. The molecule has 0 radical (unpaired) electrons. The molecule has 0 amide bonds. The molecule has 0 bridgehead atoms. The molecule has 2 nitrogen and oxygen atoms in total. The molecule has 1 aliphatic rings. The smallest absolute Gasteiger partial charge is 0.0695 e. The maximum Gasteiger partial charge on any atom is 0.0695 e. The van der Waals surface area contributed by atoms with Crippen LogP contribution in [0.5, 0.6) is 0 Å². The second-order valence-electron chi connectivity index (χ2n) is 4.96. The van der Waals surface area contributed by atoms with Crippen molar-refractivity contribution in [2.24, 2.45) is 0 Å². The average molecular weight is 254 g/mol. The Morgan fingerprint density at radius 1 is 1.41 bits per heavy atom. The van der Waals surface area contributed by atoms with Gasteiger partial charge >= 0.3 is 0 Å². The number of rotatable bonds is 3. The zero-order valence-corrected chi connectivity index (χ0v) is 11.2. The Bertz CT molecular complexity index is 382. The van der Waals surface area contributed by atoms with Crippen LogP contribution in [-0.4, -0.2) is 29.2 Å². The highest BCUT2D eigenvalue weighted by molar-refractivity contribution is 6.30. The predicted octanol–water partition coefficient (Wildman–Crippen LogP) is 3.25. The Kier molecular flexibility index (Phi) is 4.08. The number of likely N-dealkylation sites (N-methyl/N-ethyl adjacent to an activating group) is 1. The molecule has 94 valence electrons. The van der Waals surface area contributed by atoms with E-state index in [0.717, 1.165) is 24.3 Å². The van der Waals surface area contributed by atoms with E-state index >= 15 is 0 Å². The first-order chi connectivity index (χ1) is 8.09. The molecule has 0 spiro atoms. The number of nitrogens with zero attached hydrogens (tertiary/aromatic N) is 1. The minimum Gasteiger partial charge on any atom is -0.391 e. The van der Waals surface area contributed by atoms with Gasteiger partial charge < -0.3 is 5.11 Å². The van der Waals surface area contributed by atoms with Gasteiger partial charge in [0, 0.05) is 17.1 Å². The maximum absolute atomic E-state index is 9.94. The Morgan fingerprint density at radius 3 is 2.76 bits per heavy atom. The van der Waals surface area contributed by atoms with Crippen LogP contribution in [0.3, 0.4) is 0 Å². The first-order valence-corrected chi connectivity index (χ1v) is 6.63. The Morgan fingerprint density at radius 2 is 2.18 bits per heavy atom. The van der Waals surface area contributed by atoms with Gasteiger partial charge in [-0.05, 0) is 50.9 Å². The summed E-state index contributed by atoms with van der Waals surface area (Å²) < 4.78 is 0. The summed E-state index contributed by atoms with van der Waals surface area (Å²) in [6.45, 7) is 2.16. The Labute approximate surface area is 108 Å². The lowest BCUT2D eigenvalue weighted by atomic mass is 10.0. The molecule has 1 fully saturated rings. The third-order valence-electron chi connectivity index (χ3n) is 3.91. The standard InChI is InChI=1S/C14H20ClNO/c1-10(11-5-3-6-12(15)9-11)16(2)13-7-4-8-14(13)17/h3,5-6,9-10,13-14,17H,4,7-8H2,1-2H3/t10?,13-,14-/m1/s1. The zero-order valence-electron chi connectivity index (χ0n) is 10.4. The van der Waals surface area contributed by atoms with Crippen LogP contribution in [0.2, 0.25) is 5.02 Å². The molecule has 1 unspecified atom stereocenters. The molecular formula is C14H20ClNO. The minimum atomic E-state index is -0.179. The summed E-state index contributed by atoms with van der Waals surface area (Å²) in [6, 6.07) is 8.53. The summed E-state index contributed by atoms with van der Waals surface area (Å²) in [5.41, 5.74) is 1.21. The molecule has 1 aromatic rings. The van der Waals surface area contributed by atoms with Gasteiger partial charge in [-0.1, -0.05) is 23.7 Å². The molecule has 1 aromatic carbocycles. The van der Waals surface area contributed by atoms with Gasteiger partial charge in [0.05, 0.1) is 6.10 Å². The van der Waals surface area contributed by atoms with Crippen LogP contribution >= 0.6 is 11.6 Å². The highest BCUT2D eigenvalue weighted by atomic mass is 35.5. The second kappa shape index (κ2) is 5.38. The molecule has 0 saturated heterocycles. The van der Waals surface area contributed by atoms with E-state index in [9.17, 15) is 5.11 Å². The summed E-state index contributed by atoms with van der Waals surface area (Å²) in [6.07, 6.45) is 2.96. The molecule has 17 heavy (non-hydrogen) atoms. The fraction of sp³-hybridized carbons (Fsp3) is 0.571. The molecule has 1 aliphatic carbocycles. The molecule has 2 rings (SSSR count). The van der Waals surface area contributed by atoms with Crippen molar-refractivity contribution in [1.29, 1.82) is 0 Å². The highest BCUT2D eigenvalue weighted by Crippen LogP contribution is 2.30. The molecule has 1 N–H and O–H groups in total. The molecule has 0 aromatic heterocycles. The first-order valence-electron chi connectivity index (χ1n) is 6.25. The van der Waals surface area contributed by atoms with Crippen molar-refractivity contribution < 1.29 is 5.11 Å². The second-order valence-corrected chi connectivity index (χ2v) is 5.40. The maximum atomic E-state index is 9.94. The van der Waals surface area contributed by atoms with Crippen molar-refractivity contribution in [2.45, 2.75) is 44.4 Å². The van der Waals surface area contributed by atoms with Crippen LogP contribution in [0.1, 0.15) is 37.8 Å². The van der Waals surface area contributed by atoms with Crippen molar-refractivity contribution in [2.75, 3.05) is 7.05 Å². The summed E-state index contributed by atoms with van der Waals surface area (Å²) in [7, 11) is 2.09. The first kappa shape index (κ1) is 12.9. The number of benzene rings is 1. The summed E-state index contributed by atoms with van der Waals surface area (Å²) in [5, 5.41) is 10.7. The lowest BCUT2D eigenvalue weighted by molar-refractivity contribution is 0.0655. The molecule has 3 heteroatoms. The predicted molar refractivity (Wildman–Crippen MR) is 71.3 cm³/mol. The van der Waals surface area contributed by atoms with Crippen LogP contribution in [0.15, 0.2) is 24.3 Å². The summed E-state index contributed by atoms with van der Waals surface area (Å²) in [4.78, 5) is 2.27. The fourth-order valence-electron chi connectivity index (χ4n) is 2.68. The number of aliphatic hydroxyl groups excluding tert-OH is 1. The lowest BCUT2D eigenvalue weighted by Gasteiger charge is -2.33. The van der Waals surface area contributed by atoms with Crippen LogP contribution in [0.25, 0.3) is 0 Å². The van der Waals surface area contributed by atoms with Gasteiger partial charge in [0.1, 0.15) is 0 Å². The molecule has 0 heterocycles. The average Bonchev–Trinajstić information content (AvgIpc) is 2.73. The van der Waals surface area contributed by atoms with E-state index in [0.29, 0.717) is 0 Å². The van der Waals surface area contributed by atoms with E-state index in [1.54, 1.807) is 0 Å². The topological polar surface area (TPSA) is 23.5 Å². The molecular weight excluding hydrogens is 234 g/mol. The van der Waals surface area contributed by atoms with E-state index in [1.165, 1.54) is 5.56 Å². The zero-order chi connectivity index (χ0) is 12.4. The number of halogens is 1. The van der Waals surface area contributed by atoms with Gasteiger partial charge in [0.15, 0.2) is 0 Å². The van der Waals surface area contributed by atoms with Gasteiger partial charge in [-0.3, -0.25) is 4.90 Å². The third-order valence-corrected chi connectivity index (χ3v) is 4.14. The van der Waals surface area contributed by atoms with E-state index in [-0.39, 0.29) is 18.2 Å². The largest absolute Gasteiger partial charge is 0.391 e. The van der Waals surface area contributed by atoms with Crippen LogP contribution in [-0.2, 0) is 0 Å².